The van der Waals surface area contributed by atoms with Crippen LogP contribution in [0, 0.1) is 0 Å². The number of hydrogen-bond donors (Lipinski definition) is 3. The number of nitrogens with two attached hydrogens (primary N) is 1. The molecule has 3 nitrogen and oxygen atoms in total. The zero-order valence-corrected chi connectivity index (χ0v) is 13.5. The molecule has 74 valence electrons. The Hall–Kier alpha value is -0.558. The number of benzene rings is 1. The molecule has 1 aromatic carbocycles. The molecule has 0 saturated heterocycles. The first-order chi connectivity index (χ1) is 6.31. The average Bonchev–Trinajstić information content (AvgIpc) is 2.49. The first kappa shape index (κ1) is 11.5. The van der Waals surface area contributed by atoms with E-state index in [1.807, 2.05) is 12.3 Å². The van der Waals surface area contributed by atoms with Crippen LogP contribution in [0.3, 0.4) is 0 Å². The third-order valence-corrected chi connectivity index (χ3v) is 2.16. The Morgan fingerprint density at radius 2 is 2.14 bits per heavy atom. The SMILES string of the molecule is NCCc1c[nH]c2ccc(O)cc12.[PbH2]. The fourth-order valence-electron chi connectivity index (χ4n) is 1.53. The van der Waals surface area contributed by atoms with Gasteiger partial charge in [0.1, 0.15) is 5.75 Å². The summed E-state index contributed by atoms with van der Waals surface area (Å²) in [4.78, 5) is 3.13. The van der Waals surface area contributed by atoms with Gasteiger partial charge >= 0.3 is 27.3 Å². The predicted molar refractivity (Wildman–Crippen MR) is 61.3 cm³/mol. The predicted octanol–water partition coefficient (Wildman–Crippen LogP) is 0.458. The molecule has 0 fully saturated rings. The number of aromatic nitrogens is 1. The second kappa shape index (κ2) is 4.79. The Bertz CT molecular complexity index is 425. The van der Waals surface area contributed by atoms with E-state index >= 15 is 0 Å². The van der Waals surface area contributed by atoms with E-state index in [9.17, 15) is 5.11 Å². The molecule has 0 saturated carbocycles. The minimum absolute atomic E-state index is 0. The van der Waals surface area contributed by atoms with Crippen molar-refractivity contribution in [3.8, 4) is 5.75 Å². The Morgan fingerprint density at radius 1 is 1.36 bits per heavy atom. The van der Waals surface area contributed by atoms with E-state index in [4.69, 9.17) is 5.73 Å². The summed E-state index contributed by atoms with van der Waals surface area (Å²) in [5, 5.41) is 10.4. The number of aromatic amines is 1. The summed E-state index contributed by atoms with van der Waals surface area (Å²) in [7, 11) is 0. The number of hydrogen-bond acceptors (Lipinski definition) is 2. The summed E-state index contributed by atoms with van der Waals surface area (Å²) in [6, 6.07) is 5.30. The quantitative estimate of drug-likeness (QED) is 0.658. The number of phenolic OH excluding ortho intramolecular Hbond substituents is 1. The van der Waals surface area contributed by atoms with Gasteiger partial charge < -0.3 is 15.8 Å². The maximum absolute atomic E-state index is 9.30. The molecule has 0 aliphatic rings. The van der Waals surface area contributed by atoms with Crippen molar-refractivity contribution >= 4 is 38.2 Å². The van der Waals surface area contributed by atoms with Crippen molar-refractivity contribution < 1.29 is 5.11 Å². The molecule has 0 atom stereocenters. The molecule has 1 heterocycles. The van der Waals surface area contributed by atoms with E-state index in [1.165, 1.54) is 0 Å². The zero-order chi connectivity index (χ0) is 9.26. The molecular formula is C10H14N2OPb. The van der Waals surface area contributed by atoms with Crippen molar-refractivity contribution in [2.24, 2.45) is 5.73 Å². The number of nitrogens with one attached hydrogen (secondary N) is 1. The van der Waals surface area contributed by atoms with Gasteiger partial charge in [-0.2, -0.15) is 0 Å². The molecule has 0 aliphatic carbocycles. The Morgan fingerprint density at radius 3 is 2.86 bits per heavy atom. The molecular weight excluding hydrogens is 371 g/mol. The summed E-state index contributed by atoms with van der Waals surface area (Å²) in [5.74, 6) is 0.297. The molecule has 0 amide bonds. The number of fused-ring (bicyclic) bond motifs is 1. The van der Waals surface area contributed by atoms with Crippen LogP contribution in [0.15, 0.2) is 24.4 Å². The van der Waals surface area contributed by atoms with E-state index in [2.05, 4.69) is 4.98 Å². The van der Waals surface area contributed by atoms with Crippen molar-refractivity contribution in [1.29, 1.82) is 0 Å². The number of rotatable bonds is 2. The van der Waals surface area contributed by atoms with Crippen LogP contribution >= 0.6 is 0 Å². The third kappa shape index (κ3) is 2.09. The molecule has 14 heavy (non-hydrogen) atoms. The minimum atomic E-state index is 0. The fourth-order valence-corrected chi connectivity index (χ4v) is 1.53. The Balaban J connectivity index is 0.000000980. The zero-order valence-electron chi connectivity index (χ0n) is 7.96. The van der Waals surface area contributed by atoms with Crippen LogP contribution in [0.4, 0.5) is 0 Å². The second-order valence-corrected chi connectivity index (χ2v) is 3.08. The van der Waals surface area contributed by atoms with Gasteiger partial charge in [0.2, 0.25) is 0 Å². The van der Waals surface area contributed by atoms with Crippen LogP contribution in [-0.4, -0.2) is 43.9 Å². The summed E-state index contributed by atoms with van der Waals surface area (Å²) in [6.45, 7) is 0.628. The number of H-pyrrole nitrogens is 1. The monoisotopic (exact) mass is 386 g/mol. The van der Waals surface area contributed by atoms with Gasteiger partial charge in [-0.3, -0.25) is 0 Å². The van der Waals surface area contributed by atoms with Crippen LogP contribution < -0.4 is 5.73 Å². The van der Waals surface area contributed by atoms with Gasteiger partial charge in [0.15, 0.2) is 0 Å². The van der Waals surface area contributed by atoms with E-state index < -0.39 is 0 Å². The van der Waals surface area contributed by atoms with Gasteiger partial charge in [0.25, 0.3) is 0 Å². The molecule has 0 bridgehead atoms. The van der Waals surface area contributed by atoms with Crippen molar-refractivity contribution in [2.75, 3.05) is 6.54 Å². The van der Waals surface area contributed by atoms with Crippen LogP contribution in [0.25, 0.3) is 10.9 Å². The van der Waals surface area contributed by atoms with Gasteiger partial charge in [-0.1, -0.05) is 0 Å². The van der Waals surface area contributed by atoms with Crippen molar-refractivity contribution in [3.63, 3.8) is 0 Å². The Kier molecular flexibility index (Phi) is 3.94. The standard InChI is InChI=1S/C10H12N2O.Pb.2H/c11-4-3-7-6-12-10-2-1-8(13)5-9(7)10;;;/h1-2,5-6,12-13H,3-4,11H2;;;. The molecule has 0 aliphatic heterocycles. The molecule has 0 unspecified atom stereocenters. The van der Waals surface area contributed by atoms with Crippen LogP contribution in [0.1, 0.15) is 5.56 Å². The van der Waals surface area contributed by atoms with Gasteiger partial charge in [0, 0.05) is 17.1 Å². The molecule has 4 N–H and O–H groups in total. The van der Waals surface area contributed by atoms with Crippen LogP contribution in [-0.2, 0) is 6.42 Å². The van der Waals surface area contributed by atoms with E-state index in [0.717, 1.165) is 22.9 Å². The first-order valence-corrected chi connectivity index (χ1v) is 4.30. The van der Waals surface area contributed by atoms with Gasteiger partial charge in [-0.05, 0) is 36.7 Å². The van der Waals surface area contributed by atoms with Gasteiger partial charge in [-0.25, -0.2) is 0 Å². The van der Waals surface area contributed by atoms with Gasteiger partial charge in [-0.15, -0.1) is 0 Å². The summed E-state index contributed by atoms with van der Waals surface area (Å²) < 4.78 is 0. The van der Waals surface area contributed by atoms with E-state index in [-0.39, 0.29) is 27.3 Å². The molecule has 1 aromatic heterocycles. The van der Waals surface area contributed by atoms with E-state index in [0.29, 0.717) is 12.3 Å². The topological polar surface area (TPSA) is 62.0 Å². The summed E-state index contributed by atoms with van der Waals surface area (Å²) in [5.41, 5.74) is 7.68. The molecule has 2 radical (unpaired) electrons. The molecule has 2 aromatic rings. The first-order valence-electron chi connectivity index (χ1n) is 4.30. The van der Waals surface area contributed by atoms with Crippen molar-refractivity contribution in [2.45, 2.75) is 6.42 Å². The van der Waals surface area contributed by atoms with Crippen molar-refractivity contribution in [3.05, 3.63) is 30.0 Å². The van der Waals surface area contributed by atoms with Crippen molar-refractivity contribution in [1.82, 2.24) is 4.98 Å². The molecule has 2 rings (SSSR count). The maximum atomic E-state index is 9.30. The second-order valence-electron chi connectivity index (χ2n) is 3.08. The Labute approximate surface area is 102 Å². The van der Waals surface area contributed by atoms with Crippen LogP contribution in [0.5, 0.6) is 5.75 Å². The van der Waals surface area contributed by atoms with Gasteiger partial charge in [0.05, 0.1) is 0 Å². The molecule has 4 heteroatoms. The number of phenols is 1. The summed E-state index contributed by atoms with van der Waals surface area (Å²) >= 11 is 0. The number of aromatic hydroxyl groups is 1. The molecule has 0 spiro atoms. The average molecular weight is 385 g/mol. The normalized spacial score (nSPS) is 10.1. The fraction of sp³-hybridized carbons (Fsp3) is 0.200. The summed E-state index contributed by atoms with van der Waals surface area (Å²) in [6.07, 6.45) is 2.78. The van der Waals surface area contributed by atoms with E-state index in [1.54, 1.807) is 12.1 Å². The van der Waals surface area contributed by atoms with Crippen LogP contribution in [0.2, 0.25) is 0 Å². The third-order valence-electron chi connectivity index (χ3n) is 2.16.